The maximum Gasteiger partial charge on any atom is 0.340 e. The van der Waals surface area contributed by atoms with Crippen molar-refractivity contribution in [3.63, 3.8) is 0 Å². The molecule has 2 N–H and O–H groups in total. The number of para-hydroxylation sites is 1. The minimum Gasteiger partial charge on any atom is -0.462 e. The molecule has 0 saturated heterocycles. The summed E-state index contributed by atoms with van der Waals surface area (Å²) in [6, 6.07) is 13.8. The molecule has 0 heterocycles. The van der Waals surface area contributed by atoms with Crippen molar-refractivity contribution in [2.75, 3.05) is 18.5 Å². The van der Waals surface area contributed by atoms with Crippen LogP contribution in [0.25, 0.3) is 0 Å². The Bertz CT molecular complexity index is 821. The average molecular weight is 371 g/mol. The summed E-state index contributed by atoms with van der Waals surface area (Å²) < 4.78 is 19.0. The van der Waals surface area contributed by atoms with Gasteiger partial charge in [0.15, 0.2) is 6.54 Å². The highest BCUT2D eigenvalue weighted by Gasteiger charge is 2.35. The van der Waals surface area contributed by atoms with Gasteiger partial charge in [0.2, 0.25) is 0 Å². The molecule has 0 aromatic heterocycles. The summed E-state index contributed by atoms with van der Waals surface area (Å²) in [7, 11) is 0. The number of benzene rings is 2. The number of hydrogen-bond donors (Lipinski definition) is 2. The van der Waals surface area contributed by atoms with Crippen molar-refractivity contribution >= 4 is 17.6 Å². The summed E-state index contributed by atoms with van der Waals surface area (Å²) in [6.07, 6.45) is 2.08. The maximum atomic E-state index is 14.0. The average Bonchev–Trinajstić information content (AvgIpc) is 3.49. The van der Waals surface area contributed by atoms with Crippen molar-refractivity contribution in [2.24, 2.45) is 0 Å². The van der Waals surface area contributed by atoms with Gasteiger partial charge in [0.1, 0.15) is 12.4 Å². The van der Waals surface area contributed by atoms with E-state index in [-0.39, 0.29) is 24.9 Å². The highest BCUT2D eigenvalue weighted by molar-refractivity contribution is 6.01. The van der Waals surface area contributed by atoms with Crippen molar-refractivity contribution in [2.45, 2.75) is 32.4 Å². The molecule has 27 heavy (non-hydrogen) atoms. The van der Waals surface area contributed by atoms with Crippen LogP contribution >= 0.6 is 0 Å². The predicted molar refractivity (Wildman–Crippen MR) is 100.0 cm³/mol. The first kappa shape index (κ1) is 19.0. The molecule has 1 unspecified atom stereocenters. The van der Waals surface area contributed by atoms with E-state index in [9.17, 15) is 14.0 Å². The SMILES string of the molecule is CCOC(=O)c1ccccc1NC(=O)C[NH+](Cc1ccccc1F)C1CC1. The van der Waals surface area contributed by atoms with Gasteiger partial charge in [-0.05, 0) is 25.1 Å². The molecule has 1 amide bonds. The number of nitrogens with one attached hydrogen (secondary N) is 2. The van der Waals surface area contributed by atoms with Gasteiger partial charge in [-0.3, -0.25) is 4.79 Å². The van der Waals surface area contributed by atoms with E-state index in [4.69, 9.17) is 4.74 Å². The van der Waals surface area contributed by atoms with Gasteiger partial charge < -0.3 is 15.0 Å². The molecule has 1 aliphatic carbocycles. The van der Waals surface area contributed by atoms with Gasteiger partial charge in [0.05, 0.1) is 23.9 Å². The summed E-state index contributed by atoms with van der Waals surface area (Å²) in [5.74, 6) is -0.917. The van der Waals surface area contributed by atoms with Gasteiger partial charge >= 0.3 is 5.97 Å². The lowest BCUT2D eigenvalue weighted by Gasteiger charge is -2.19. The Morgan fingerprint density at radius 2 is 1.85 bits per heavy atom. The predicted octanol–water partition coefficient (Wildman–Crippen LogP) is 2.19. The summed E-state index contributed by atoms with van der Waals surface area (Å²) in [4.78, 5) is 25.7. The Balaban J connectivity index is 1.67. The topological polar surface area (TPSA) is 59.8 Å². The van der Waals surface area contributed by atoms with Gasteiger partial charge in [-0.1, -0.05) is 30.3 Å². The standard InChI is InChI=1S/C21H23FN2O3/c1-2-27-21(26)17-8-4-6-10-19(17)23-20(25)14-24(16-11-12-16)13-15-7-3-5-9-18(15)22/h3-10,16H,2,11-14H2,1H3,(H,23,25)/p+1. The number of amides is 1. The van der Waals surface area contributed by atoms with E-state index in [0.29, 0.717) is 29.4 Å². The fraction of sp³-hybridized carbons (Fsp3) is 0.333. The minimum absolute atomic E-state index is 0.204. The van der Waals surface area contributed by atoms with Crippen LogP contribution in [0.3, 0.4) is 0 Å². The lowest BCUT2D eigenvalue weighted by Crippen LogP contribution is -3.13. The number of hydrogen-bond acceptors (Lipinski definition) is 3. The Kier molecular flexibility index (Phi) is 6.19. The number of rotatable bonds is 8. The lowest BCUT2D eigenvalue weighted by molar-refractivity contribution is -0.917. The molecule has 142 valence electrons. The first-order valence-electron chi connectivity index (χ1n) is 9.22. The number of quaternary nitrogens is 1. The van der Waals surface area contributed by atoms with Crippen LogP contribution in [-0.2, 0) is 16.1 Å². The third-order valence-electron chi connectivity index (χ3n) is 4.61. The van der Waals surface area contributed by atoms with Crippen LogP contribution in [0, 0.1) is 5.82 Å². The molecule has 2 aromatic rings. The van der Waals surface area contributed by atoms with Crippen LogP contribution in [0.4, 0.5) is 10.1 Å². The van der Waals surface area contributed by atoms with E-state index < -0.39 is 5.97 Å². The third-order valence-corrected chi connectivity index (χ3v) is 4.61. The minimum atomic E-state index is -0.467. The molecular formula is C21H24FN2O3+. The molecule has 3 rings (SSSR count). The van der Waals surface area contributed by atoms with Gasteiger partial charge in [0, 0.05) is 18.4 Å². The fourth-order valence-electron chi connectivity index (χ4n) is 3.11. The smallest absolute Gasteiger partial charge is 0.340 e. The van der Waals surface area contributed by atoms with Crippen LogP contribution in [-0.4, -0.2) is 31.1 Å². The number of anilines is 1. The second-order valence-corrected chi connectivity index (χ2v) is 6.69. The molecule has 0 spiro atoms. The van der Waals surface area contributed by atoms with E-state index in [1.54, 1.807) is 49.4 Å². The molecule has 6 heteroatoms. The lowest BCUT2D eigenvalue weighted by atomic mass is 10.1. The first-order chi connectivity index (χ1) is 13.1. The van der Waals surface area contributed by atoms with Crippen LogP contribution < -0.4 is 10.2 Å². The summed E-state index contributed by atoms with van der Waals surface area (Å²) in [5.41, 5.74) is 1.37. The molecule has 2 aromatic carbocycles. The van der Waals surface area contributed by atoms with E-state index in [1.807, 2.05) is 0 Å². The number of carbonyl (C=O) groups excluding carboxylic acids is 2. The largest absolute Gasteiger partial charge is 0.462 e. The molecule has 0 aliphatic heterocycles. The van der Waals surface area contributed by atoms with Crippen molar-refractivity contribution in [1.82, 2.24) is 0 Å². The molecule has 1 aliphatic rings. The van der Waals surface area contributed by atoms with Crippen LogP contribution in [0.2, 0.25) is 0 Å². The summed E-state index contributed by atoms with van der Waals surface area (Å²) in [6.45, 7) is 2.68. The van der Waals surface area contributed by atoms with Gasteiger partial charge in [0.25, 0.3) is 5.91 Å². The Hall–Kier alpha value is -2.73. The number of halogens is 1. The van der Waals surface area contributed by atoms with Crippen LogP contribution in [0.5, 0.6) is 0 Å². The Labute approximate surface area is 158 Å². The Morgan fingerprint density at radius 3 is 2.56 bits per heavy atom. The van der Waals surface area contributed by atoms with Gasteiger partial charge in [-0.25, -0.2) is 9.18 Å². The highest BCUT2D eigenvalue weighted by atomic mass is 19.1. The maximum absolute atomic E-state index is 14.0. The summed E-state index contributed by atoms with van der Waals surface area (Å²) in [5, 5.41) is 2.81. The molecule has 0 bridgehead atoms. The molecule has 1 atom stereocenters. The van der Waals surface area contributed by atoms with E-state index in [0.717, 1.165) is 17.7 Å². The zero-order valence-electron chi connectivity index (χ0n) is 15.3. The highest BCUT2D eigenvalue weighted by Crippen LogP contribution is 2.18. The normalized spacial score (nSPS) is 14.4. The van der Waals surface area contributed by atoms with Crippen molar-refractivity contribution in [3.05, 3.63) is 65.5 Å². The zero-order chi connectivity index (χ0) is 19.2. The zero-order valence-corrected chi connectivity index (χ0v) is 15.3. The van der Waals surface area contributed by atoms with Gasteiger partial charge in [-0.2, -0.15) is 0 Å². The Morgan fingerprint density at radius 1 is 1.15 bits per heavy atom. The fourth-order valence-corrected chi connectivity index (χ4v) is 3.11. The third kappa shape index (κ3) is 5.14. The van der Waals surface area contributed by atoms with Crippen molar-refractivity contribution in [1.29, 1.82) is 0 Å². The number of ether oxygens (including phenoxy) is 1. The molecule has 0 radical (unpaired) electrons. The summed E-state index contributed by atoms with van der Waals surface area (Å²) >= 11 is 0. The van der Waals surface area contributed by atoms with Gasteiger partial charge in [-0.15, -0.1) is 0 Å². The van der Waals surface area contributed by atoms with E-state index in [2.05, 4.69) is 5.32 Å². The quantitative estimate of drug-likeness (QED) is 0.700. The van der Waals surface area contributed by atoms with E-state index >= 15 is 0 Å². The molecule has 5 nitrogen and oxygen atoms in total. The molecule has 1 saturated carbocycles. The number of carbonyl (C=O) groups is 2. The van der Waals surface area contributed by atoms with Crippen molar-refractivity contribution in [3.8, 4) is 0 Å². The second kappa shape index (κ2) is 8.77. The van der Waals surface area contributed by atoms with Crippen LogP contribution in [0.1, 0.15) is 35.7 Å². The van der Waals surface area contributed by atoms with Crippen LogP contribution in [0.15, 0.2) is 48.5 Å². The molecule has 1 fully saturated rings. The van der Waals surface area contributed by atoms with Crippen molar-refractivity contribution < 1.29 is 23.6 Å². The second-order valence-electron chi connectivity index (χ2n) is 6.69. The monoisotopic (exact) mass is 371 g/mol. The van der Waals surface area contributed by atoms with E-state index in [1.165, 1.54) is 6.07 Å². The number of esters is 1. The molecular weight excluding hydrogens is 347 g/mol. The first-order valence-corrected chi connectivity index (χ1v) is 9.22.